The zero-order valence-corrected chi connectivity index (χ0v) is 13.8. The molecule has 3 aromatic heterocycles. The molecule has 24 heavy (non-hydrogen) atoms. The van der Waals surface area contributed by atoms with Gasteiger partial charge < -0.3 is 16.4 Å². The molecule has 0 saturated heterocycles. The molecule has 0 aliphatic carbocycles. The molecule has 122 valence electrons. The lowest BCUT2D eigenvalue weighted by molar-refractivity contribution is 0.995. The molecule has 4 N–H and O–H groups in total. The SMILES string of the molecule is CNc1cc(Nc2ncccc2-c2nc(C)nc(N)n2)cnc1Cl. The minimum absolute atomic E-state index is 0.165. The van der Waals surface area contributed by atoms with Gasteiger partial charge in [-0.2, -0.15) is 9.97 Å². The Morgan fingerprint density at radius 2 is 2.00 bits per heavy atom. The van der Waals surface area contributed by atoms with E-state index in [1.54, 1.807) is 32.4 Å². The number of hydrogen-bond acceptors (Lipinski definition) is 8. The van der Waals surface area contributed by atoms with Gasteiger partial charge in [0.25, 0.3) is 0 Å². The van der Waals surface area contributed by atoms with E-state index in [4.69, 9.17) is 17.3 Å². The highest BCUT2D eigenvalue weighted by molar-refractivity contribution is 6.32. The topological polar surface area (TPSA) is 115 Å². The summed E-state index contributed by atoms with van der Waals surface area (Å²) in [4.78, 5) is 21.0. The number of nitrogen functional groups attached to an aromatic ring is 1. The first kappa shape index (κ1) is 15.9. The highest BCUT2D eigenvalue weighted by Crippen LogP contribution is 2.28. The van der Waals surface area contributed by atoms with Gasteiger partial charge in [-0.05, 0) is 25.1 Å². The Kier molecular flexibility index (Phi) is 4.39. The van der Waals surface area contributed by atoms with Crippen molar-refractivity contribution in [1.82, 2.24) is 24.9 Å². The lowest BCUT2D eigenvalue weighted by Gasteiger charge is -2.11. The quantitative estimate of drug-likeness (QED) is 0.620. The first-order valence-corrected chi connectivity index (χ1v) is 7.48. The maximum atomic E-state index is 6.00. The summed E-state index contributed by atoms with van der Waals surface area (Å²) in [5.74, 6) is 1.73. The Labute approximate surface area is 143 Å². The fourth-order valence-electron chi connectivity index (χ4n) is 2.14. The maximum absolute atomic E-state index is 6.00. The van der Waals surface area contributed by atoms with Crippen LogP contribution in [0.25, 0.3) is 11.4 Å². The van der Waals surface area contributed by atoms with Crippen molar-refractivity contribution in [2.45, 2.75) is 6.92 Å². The van der Waals surface area contributed by atoms with Gasteiger partial charge in [0.15, 0.2) is 11.0 Å². The molecule has 0 aliphatic rings. The van der Waals surface area contributed by atoms with E-state index in [2.05, 4.69) is 35.6 Å². The number of anilines is 4. The van der Waals surface area contributed by atoms with Gasteiger partial charge in [0.2, 0.25) is 5.95 Å². The van der Waals surface area contributed by atoms with Gasteiger partial charge in [0.1, 0.15) is 11.6 Å². The highest BCUT2D eigenvalue weighted by Gasteiger charge is 2.12. The van der Waals surface area contributed by atoms with Crippen LogP contribution in [0.4, 0.5) is 23.1 Å². The fourth-order valence-corrected chi connectivity index (χ4v) is 2.33. The summed E-state index contributed by atoms with van der Waals surface area (Å²) in [6.07, 6.45) is 3.29. The van der Waals surface area contributed by atoms with Crippen molar-refractivity contribution < 1.29 is 0 Å². The van der Waals surface area contributed by atoms with Gasteiger partial charge in [-0.25, -0.2) is 15.0 Å². The van der Waals surface area contributed by atoms with Crippen LogP contribution in [0, 0.1) is 6.92 Å². The van der Waals surface area contributed by atoms with Crippen LogP contribution in [0.15, 0.2) is 30.6 Å². The molecule has 0 amide bonds. The molecule has 0 fully saturated rings. The van der Waals surface area contributed by atoms with E-state index >= 15 is 0 Å². The summed E-state index contributed by atoms with van der Waals surface area (Å²) >= 11 is 6.00. The zero-order valence-electron chi connectivity index (χ0n) is 13.1. The molecular formula is C15H15ClN8. The molecule has 0 bridgehead atoms. The summed E-state index contributed by atoms with van der Waals surface area (Å²) < 4.78 is 0. The van der Waals surface area contributed by atoms with Gasteiger partial charge in [-0.15, -0.1) is 0 Å². The summed E-state index contributed by atoms with van der Waals surface area (Å²) in [7, 11) is 1.77. The number of hydrogen-bond donors (Lipinski definition) is 3. The summed E-state index contributed by atoms with van der Waals surface area (Å²) in [6, 6.07) is 5.49. The van der Waals surface area contributed by atoms with Crippen molar-refractivity contribution >= 4 is 34.7 Å². The molecule has 0 atom stereocenters. The van der Waals surface area contributed by atoms with Gasteiger partial charge in [-0.1, -0.05) is 11.6 Å². The van der Waals surface area contributed by atoms with Crippen LogP contribution in [-0.4, -0.2) is 32.0 Å². The summed E-state index contributed by atoms with van der Waals surface area (Å²) in [5.41, 5.74) is 7.85. The number of aromatic nitrogens is 5. The van der Waals surface area contributed by atoms with Gasteiger partial charge >= 0.3 is 0 Å². The first-order valence-electron chi connectivity index (χ1n) is 7.10. The van der Waals surface area contributed by atoms with Crippen molar-refractivity contribution in [3.8, 4) is 11.4 Å². The lowest BCUT2D eigenvalue weighted by Crippen LogP contribution is -2.04. The van der Waals surface area contributed by atoms with Crippen LogP contribution in [0.1, 0.15) is 5.82 Å². The van der Waals surface area contributed by atoms with Crippen LogP contribution in [-0.2, 0) is 0 Å². The van der Waals surface area contributed by atoms with Crippen molar-refractivity contribution in [1.29, 1.82) is 0 Å². The number of nitrogens with two attached hydrogens (primary N) is 1. The number of rotatable bonds is 4. The molecule has 9 heteroatoms. The van der Waals surface area contributed by atoms with Gasteiger partial charge in [0, 0.05) is 13.2 Å². The minimum Gasteiger partial charge on any atom is -0.386 e. The molecule has 3 aromatic rings. The second-order valence-electron chi connectivity index (χ2n) is 4.90. The predicted octanol–water partition coefficient (Wildman–Crippen LogP) is 2.66. The van der Waals surface area contributed by atoms with Crippen molar-refractivity contribution in [3.63, 3.8) is 0 Å². The third-order valence-electron chi connectivity index (χ3n) is 3.18. The molecule has 0 spiro atoms. The number of halogens is 1. The molecule has 3 rings (SSSR count). The Balaban J connectivity index is 2.01. The Hall–Kier alpha value is -3.00. The maximum Gasteiger partial charge on any atom is 0.223 e. The smallest absolute Gasteiger partial charge is 0.223 e. The molecule has 0 saturated carbocycles. The summed E-state index contributed by atoms with van der Waals surface area (Å²) in [5, 5.41) is 6.57. The molecular weight excluding hydrogens is 328 g/mol. The third kappa shape index (κ3) is 3.33. The van der Waals surface area contributed by atoms with Crippen molar-refractivity contribution in [3.05, 3.63) is 41.6 Å². The molecule has 0 unspecified atom stereocenters. The standard InChI is InChI=1S/C15H15ClN8/c1-8-21-14(24-15(17)22-8)10-4-3-5-19-13(10)23-9-6-11(18-2)12(16)20-7-9/h3-7,18H,1-2H3,(H,19,23)(H2,17,21,22,24). The molecule has 3 heterocycles. The van der Waals surface area contributed by atoms with Crippen LogP contribution in [0.2, 0.25) is 5.15 Å². The Morgan fingerprint density at radius 1 is 1.17 bits per heavy atom. The Morgan fingerprint density at radius 3 is 2.75 bits per heavy atom. The van der Waals surface area contributed by atoms with Crippen molar-refractivity contribution in [2.24, 2.45) is 0 Å². The lowest BCUT2D eigenvalue weighted by atomic mass is 10.2. The van der Waals surface area contributed by atoms with E-state index in [0.29, 0.717) is 33.9 Å². The van der Waals surface area contributed by atoms with Crippen LogP contribution in [0.5, 0.6) is 0 Å². The third-order valence-corrected chi connectivity index (χ3v) is 3.49. The normalized spacial score (nSPS) is 10.5. The van der Waals surface area contributed by atoms with E-state index in [1.165, 1.54) is 0 Å². The fraction of sp³-hybridized carbons (Fsp3) is 0.133. The number of nitrogens with one attached hydrogen (secondary N) is 2. The molecule has 0 radical (unpaired) electrons. The molecule has 0 aliphatic heterocycles. The Bertz CT molecular complexity index is 863. The summed E-state index contributed by atoms with van der Waals surface area (Å²) in [6.45, 7) is 1.76. The average molecular weight is 343 g/mol. The second-order valence-corrected chi connectivity index (χ2v) is 5.26. The molecule has 8 nitrogen and oxygen atoms in total. The van der Waals surface area contributed by atoms with E-state index < -0.39 is 0 Å². The van der Waals surface area contributed by atoms with E-state index in [0.717, 1.165) is 5.69 Å². The van der Waals surface area contributed by atoms with Gasteiger partial charge in [0.05, 0.1) is 23.1 Å². The largest absolute Gasteiger partial charge is 0.386 e. The highest BCUT2D eigenvalue weighted by atomic mass is 35.5. The number of aryl methyl sites for hydroxylation is 1. The van der Waals surface area contributed by atoms with E-state index in [-0.39, 0.29) is 5.95 Å². The van der Waals surface area contributed by atoms with Gasteiger partial charge in [-0.3, -0.25) is 0 Å². The number of pyridine rings is 2. The van der Waals surface area contributed by atoms with E-state index in [1.807, 2.05) is 12.1 Å². The zero-order chi connectivity index (χ0) is 17.1. The minimum atomic E-state index is 0.165. The van der Waals surface area contributed by atoms with Crippen LogP contribution >= 0.6 is 11.6 Å². The van der Waals surface area contributed by atoms with Crippen LogP contribution < -0.4 is 16.4 Å². The second kappa shape index (κ2) is 6.63. The van der Waals surface area contributed by atoms with E-state index in [9.17, 15) is 0 Å². The monoisotopic (exact) mass is 342 g/mol. The van der Waals surface area contributed by atoms with Crippen molar-refractivity contribution in [2.75, 3.05) is 23.4 Å². The predicted molar refractivity (Wildman–Crippen MR) is 94.3 cm³/mol. The number of nitrogens with zero attached hydrogens (tertiary/aromatic N) is 5. The molecule has 0 aromatic carbocycles. The first-order chi connectivity index (χ1) is 11.6. The van der Waals surface area contributed by atoms with Crippen LogP contribution in [0.3, 0.4) is 0 Å². The average Bonchev–Trinajstić information content (AvgIpc) is 2.56.